The van der Waals surface area contributed by atoms with Gasteiger partial charge in [-0.1, -0.05) is 30.3 Å². The average molecular weight is 384 g/mol. The van der Waals surface area contributed by atoms with Crippen LogP contribution in [0.5, 0.6) is 0 Å². The van der Waals surface area contributed by atoms with Gasteiger partial charge < -0.3 is 10.1 Å². The van der Waals surface area contributed by atoms with Gasteiger partial charge in [0.25, 0.3) is 0 Å². The molecule has 1 unspecified atom stereocenters. The molecule has 1 amide bonds. The Morgan fingerprint density at radius 1 is 1.29 bits per heavy atom. The first-order valence-electron chi connectivity index (χ1n) is 9.03. The molecule has 0 radical (unpaired) electrons. The molecular weight excluding hydrogens is 356 g/mol. The molecule has 0 spiro atoms. The van der Waals surface area contributed by atoms with E-state index in [-0.39, 0.29) is 24.1 Å². The summed E-state index contributed by atoms with van der Waals surface area (Å²) >= 11 is 0. The molecule has 1 aromatic carbocycles. The van der Waals surface area contributed by atoms with Crippen LogP contribution in [0, 0.1) is 16.7 Å². The van der Waals surface area contributed by atoms with Gasteiger partial charge in [-0.2, -0.15) is 5.26 Å². The number of nitrogens with zero attached hydrogens (tertiary/aromatic N) is 2. The number of ketones is 1. The summed E-state index contributed by atoms with van der Waals surface area (Å²) in [5, 5.41) is 19.0. The van der Waals surface area contributed by atoms with E-state index < -0.39 is 17.7 Å². The molecule has 0 aromatic heterocycles. The fraction of sp³-hybridized carbons (Fsp3) is 0.429. The first kappa shape index (κ1) is 22.9. The zero-order chi connectivity index (χ0) is 21.3. The second kappa shape index (κ2) is 10.3. The minimum absolute atomic E-state index is 0.136. The molecule has 0 fully saturated rings. The number of hydrogen-bond acceptors (Lipinski definition) is 6. The Bertz CT molecular complexity index is 758. The van der Waals surface area contributed by atoms with Crippen molar-refractivity contribution in [2.45, 2.75) is 52.3 Å². The molecule has 1 aromatic rings. The Hall–Kier alpha value is -3.14. The maximum absolute atomic E-state index is 13.0. The van der Waals surface area contributed by atoms with Gasteiger partial charge in [0, 0.05) is 12.2 Å². The molecule has 0 heterocycles. The number of Topliss-reactive ketones (excluding diaryl/α,β-unsaturated/α-hetero) is 1. The Balaban J connectivity index is 3.03. The Morgan fingerprint density at radius 2 is 1.89 bits per heavy atom. The van der Waals surface area contributed by atoms with Crippen LogP contribution in [0.15, 0.2) is 42.6 Å². The van der Waals surface area contributed by atoms with Crippen molar-refractivity contribution >= 4 is 17.6 Å². The normalized spacial score (nSPS) is 12.3. The first-order valence-corrected chi connectivity index (χ1v) is 9.03. The summed E-state index contributed by atoms with van der Waals surface area (Å²) in [7, 11) is 0. The summed E-state index contributed by atoms with van der Waals surface area (Å²) in [6, 6.07) is 9.80. The van der Waals surface area contributed by atoms with E-state index in [4.69, 9.17) is 15.4 Å². The summed E-state index contributed by atoms with van der Waals surface area (Å²) in [5.41, 5.74) is -0.178. The quantitative estimate of drug-likeness (QED) is 0.666. The fourth-order valence-electron chi connectivity index (χ4n) is 2.32. The number of rotatable bonds is 8. The number of nitrogens with one attached hydrogen (secondary N) is 2. The van der Waals surface area contributed by atoms with Gasteiger partial charge in [0.05, 0.1) is 6.54 Å². The third-order valence-corrected chi connectivity index (χ3v) is 3.67. The monoisotopic (exact) mass is 384 g/mol. The van der Waals surface area contributed by atoms with Crippen LogP contribution in [0.25, 0.3) is 0 Å². The average Bonchev–Trinajstić information content (AvgIpc) is 2.61. The lowest BCUT2D eigenvalue weighted by atomic mass is 10.0. The van der Waals surface area contributed by atoms with Gasteiger partial charge in [-0.15, -0.1) is 0 Å². The van der Waals surface area contributed by atoms with Crippen LogP contribution in [0.4, 0.5) is 4.79 Å². The maximum Gasteiger partial charge on any atom is 0.410 e. The minimum Gasteiger partial charge on any atom is -0.444 e. The smallest absolute Gasteiger partial charge is 0.410 e. The number of nitriles is 1. The van der Waals surface area contributed by atoms with Crippen LogP contribution < -0.4 is 5.32 Å². The van der Waals surface area contributed by atoms with Crippen molar-refractivity contribution in [3.05, 3.63) is 48.2 Å². The molecule has 28 heavy (non-hydrogen) atoms. The fourth-order valence-corrected chi connectivity index (χ4v) is 2.32. The zero-order valence-electron chi connectivity index (χ0n) is 17.0. The number of carbonyl (C=O) groups is 2. The summed E-state index contributed by atoms with van der Waals surface area (Å²) in [6.07, 6.45) is 2.12. The molecule has 7 heteroatoms. The van der Waals surface area contributed by atoms with Crippen molar-refractivity contribution in [3.8, 4) is 6.07 Å². The Kier molecular flexibility index (Phi) is 8.39. The molecule has 2 N–H and O–H groups in total. The van der Waals surface area contributed by atoms with E-state index in [0.29, 0.717) is 5.56 Å². The van der Waals surface area contributed by atoms with Gasteiger partial charge in [-0.25, -0.2) is 4.79 Å². The molecule has 0 saturated heterocycles. The highest BCUT2D eigenvalue weighted by atomic mass is 16.6. The van der Waals surface area contributed by atoms with Gasteiger partial charge in [-0.3, -0.25) is 15.1 Å². The van der Waals surface area contributed by atoms with E-state index in [1.54, 1.807) is 39.0 Å². The van der Waals surface area contributed by atoms with E-state index >= 15 is 0 Å². The Labute approximate surface area is 166 Å². The predicted octanol–water partition coefficient (Wildman–Crippen LogP) is 3.59. The molecule has 0 bridgehead atoms. The van der Waals surface area contributed by atoms with E-state index in [0.717, 1.165) is 0 Å². The van der Waals surface area contributed by atoms with Gasteiger partial charge in [-0.05, 0) is 46.3 Å². The predicted molar refractivity (Wildman–Crippen MR) is 108 cm³/mol. The highest BCUT2D eigenvalue weighted by Crippen LogP contribution is 2.17. The highest BCUT2D eigenvalue weighted by molar-refractivity contribution is 6.04. The molecular formula is C21H28N4O3. The van der Waals surface area contributed by atoms with Gasteiger partial charge in [0.15, 0.2) is 5.78 Å². The summed E-state index contributed by atoms with van der Waals surface area (Å²) in [5.74, 6) is -0.237. The van der Waals surface area contributed by atoms with Crippen molar-refractivity contribution in [1.82, 2.24) is 10.2 Å². The number of carbonyl (C=O) groups excluding carboxylic acids is 2. The van der Waals surface area contributed by atoms with Crippen LogP contribution in [-0.4, -0.2) is 40.7 Å². The first-order chi connectivity index (χ1) is 13.0. The van der Waals surface area contributed by atoms with Gasteiger partial charge in [0.2, 0.25) is 0 Å². The van der Waals surface area contributed by atoms with E-state index in [9.17, 15) is 9.59 Å². The molecule has 0 saturated carbocycles. The summed E-state index contributed by atoms with van der Waals surface area (Å²) in [4.78, 5) is 26.9. The second-order valence-corrected chi connectivity index (χ2v) is 7.54. The Morgan fingerprint density at radius 3 is 2.39 bits per heavy atom. The third-order valence-electron chi connectivity index (χ3n) is 3.67. The number of allylic oxidation sites excluding steroid dienone is 1. The van der Waals surface area contributed by atoms with Crippen molar-refractivity contribution in [2.24, 2.45) is 0 Å². The molecule has 7 nitrogen and oxygen atoms in total. The maximum atomic E-state index is 13.0. The van der Waals surface area contributed by atoms with Crippen molar-refractivity contribution < 1.29 is 14.3 Å². The van der Waals surface area contributed by atoms with Crippen molar-refractivity contribution in [2.75, 3.05) is 6.54 Å². The van der Waals surface area contributed by atoms with Crippen LogP contribution in [0.2, 0.25) is 0 Å². The van der Waals surface area contributed by atoms with Gasteiger partial charge >= 0.3 is 6.09 Å². The number of benzene rings is 1. The summed E-state index contributed by atoms with van der Waals surface area (Å²) in [6.45, 7) is 8.81. The second-order valence-electron chi connectivity index (χ2n) is 7.54. The molecule has 0 aliphatic heterocycles. The molecule has 0 aliphatic rings. The van der Waals surface area contributed by atoms with E-state index in [2.05, 4.69) is 5.32 Å². The van der Waals surface area contributed by atoms with Crippen LogP contribution in [-0.2, 0) is 9.53 Å². The number of hydrogen-bond donors (Lipinski definition) is 2. The lowest BCUT2D eigenvalue weighted by Gasteiger charge is -2.30. The highest BCUT2D eigenvalue weighted by Gasteiger charge is 2.29. The molecule has 1 rings (SSSR count). The lowest BCUT2D eigenvalue weighted by Crippen LogP contribution is -2.45. The molecule has 0 aliphatic carbocycles. The standard InChI is InChI=1S/C21H28N4O3/c1-15(2)25(20(27)28-21(3,4)5)14-18(26)19(16-9-7-6-8-10-16)24-12-11-17(23)13-22/h6-12,15,19,23-24H,14H2,1-5H3/b12-11-,23-17?. The number of amides is 1. The van der Waals surface area contributed by atoms with Crippen LogP contribution >= 0.6 is 0 Å². The topological polar surface area (TPSA) is 106 Å². The minimum atomic E-state index is -0.729. The zero-order valence-corrected chi connectivity index (χ0v) is 17.0. The summed E-state index contributed by atoms with van der Waals surface area (Å²) < 4.78 is 5.41. The SMILES string of the molecule is CC(C)N(CC(=O)C(N/C=C\C(=N)C#N)c1ccccc1)C(=O)OC(C)(C)C. The molecule has 1 atom stereocenters. The number of ether oxygens (including phenoxy) is 1. The van der Waals surface area contributed by atoms with Crippen molar-refractivity contribution in [1.29, 1.82) is 10.7 Å². The lowest BCUT2D eigenvalue weighted by molar-refractivity contribution is -0.122. The van der Waals surface area contributed by atoms with Crippen molar-refractivity contribution in [3.63, 3.8) is 0 Å². The van der Waals surface area contributed by atoms with Crippen LogP contribution in [0.1, 0.15) is 46.2 Å². The van der Waals surface area contributed by atoms with E-state index in [1.807, 2.05) is 32.0 Å². The van der Waals surface area contributed by atoms with Crippen LogP contribution in [0.3, 0.4) is 0 Å². The van der Waals surface area contributed by atoms with E-state index in [1.165, 1.54) is 17.2 Å². The largest absolute Gasteiger partial charge is 0.444 e. The molecule has 150 valence electrons. The third kappa shape index (κ3) is 7.62. The van der Waals surface area contributed by atoms with Gasteiger partial charge in [0.1, 0.15) is 23.4 Å².